The lowest BCUT2D eigenvalue weighted by Gasteiger charge is -2.06. The summed E-state index contributed by atoms with van der Waals surface area (Å²) in [6, 6.07) is 15.0. The minimum atomic E-state index is 0.446. The van der Waals surface area contributed by atoms with E-state index in [1.54, 1.807) is 12.1 Å². The number of nitrogens with zero attached hydrogens (tertiary/aromatic N) is 2. The molecule has 0 bridgehead atoms. The van der Waals surface area contributed by atoms with Gasteiger partial charge in [-0.3, -0.25) is 0 Å². The predicted octanol–water partition coefficient (Wildman–Crippen LogP) is 4.40. The Labute approximate surface area is 139 Å². The van der Waals surface area contributed by atoms with Gasteiger partial charge in [0, 0.05) is 16.3 Å². The molecule has 6 heteroatoms. The van der Waals surface area contributed by atoms with Crippen LogP contribution in [0.3, 0.4) is 0 Å². The van der Waals surface area contributed by atoms with E-state index in [2.05, 4.69) is 15.5 Å². The molecule has 0 amide bonds. The summed E-state index contributed by atoms with van der Waals surface area (Å²) < 4.78 is 11.0. The molecule has 0 saturated carbocycles. The normalized spacial score (nSPS) is 10.5. The van der Waals surface area contributed by atoms with Gasteiger partial charge < -0.3 is 14.5 Å². The van der Waals surface area contributed by atoms with Crippen molar-refractivity contribution in [1.29, 1.82) is 0 Å². The van der Waals surface area contributed by atoms with E-state index in [9.17, 15) is 0 Å². The second-order valence-corrected chi connectivity index (χ2v) is 5.26. The van der Waals surface area contributed by atoms with Gasteiger partial charge in [-0.05, 0) is 49.4 Å². The van der Waals surface area contributed by atoms with E-state index in [1.165, 1.54) is 0 Å². The summed E-state index contributed by atoms with van der Waals surface area (Å²) >= 11 is 5.97. The van der Waals surface area contributed by atoms with Crippen molar-refractivity contribution < 1.29 is 9.15 Å². The Bertz CT molecular complexity index is 772. The average Bonchev–Trinajstić information content (AvgIpc) is 3.04. The smallest absolute Gasteiger partial charge is 0.247 e. The van der Waals surface area contributed by atoms with E-state index < -0.39 is 0 Å². The van der Waals surface area contributed by atoms with Crippen molar-refractivity contribution >= 4 is 17.3 Å². The Morgan fingerprint density at radius 2 is 1.96 bits per heavy atom. The van der Waals surface area contributed by atoms with Crippen LogP contribution in [0.1, 0.15) is 12.8 Å². The van der Waals surface area contributed by atoms with Gasteiger partial charge in [-0.15, -0.1) is 10.2 Å². The Balaban J connectivity index is 1.63. The zero-order chi connectivity index (χ0) is 16.1. The maximum absolute atomic E-state index is 5.97. The molecule has 0 aliphatic heterocycles. The third-order valence-electron chi connectivity index (χ3n) is 3.15. The second-order valence-electron chi connectivity index (χ2n) is 4.82. The number of aromatic nitrogens is 2. The molecule has 0 aliphatic rings. The van der Waals surface area contributed by atoms with Gasteiger partial charge in [-0.25, -0.2) is 0 Å². The Morgan fingerprint density at radius 3 is 2.70 bits per heavy atom. The van der Waals surface area contributed by atoms with Crippen molar-refractivity contribution in [3.8, 4) is 17.2 Å². The highest BCUT2D eigenvalue weighted by atomic mass is 35.5. The number of ether oxygens (including phenoxy) is 1. The number of anilines is 1. The monoisotopic (exact) mass is 329 g/mol. The van der Waals surface area contributed by atoms with Crippen molar-refractivity contribution in [2.24, 2.45) is 0 Å². The summed E-state index contributed by atoms with van der Waals surface area (Å²) in [4.78, 5) is 0. The molecule has 3 rings (SSSR count). The fraction of sp³-hybridized carbons (Fsp3) is 0.176. The maximum atomic E-state index is 5.97. The second kappa shape index (κ2) is 7.15. The maximum Gasteiger partial charge on any atom is 0.247 e. The molecule has 1 aromatic heterocycles. The molecule has 5 nitrogen and oxygen atoms in total. The van der Waals surface area contributed by atoms with Crippen LogP contribution in [0.15, 0.2) is 52.9 Å². The number of nitrogens with one attached hydrogen (secondary N) is 1. The number of rotatable bonds is 6. The molecule has 2 aromatic carbocycles. The van der Waals surface area contributed by atoms with Crippen LogP contribution in [-0.2, 0) is 6.54 Å². The molecular formula is C17H16ClN3O2. The predicted molar refractivity (Wildman–Crippen MR) is 89.7 cm³/mol. The number of hydrogen-bond donors (Lipinski definition) is 1. The zero-order valence-electron chi connectivity index (χ0n) is 12.6. The van der Waals surface area contributed by atoms with E-state index in [0.717, 1.165) is 17.0 Å². The first kappa shape index (κ1) is 15.4. The topological polar surface area (TPSA) is 60.2 Å². The number of hydrogen-bond acceptors (Lipinski definition) is 5. The largest absolute Gasteiger partial charge is 0.494 e. The first-order valence-electron chi connectivity index (χ1n) is 7.29. The third-order valence-corrected chi connectivity index (χ3v) is 3.38. The fourth-order valence-corrected chi connectivity index (χ4v) is 2.27. The first-order valence-corrected chi connectivity index (χ1v) is 7.67. The first-order chi connectivity index (χ1) is 11.2. The summed E-state index contributed by atoms with van der Waals surface area (Å²) in [5, 5.41) is 11.9. The standard InChI is InChI=1S/C17H16ClN3O2/c1-2-22-15-8-6-14(7-9-15)19-11-16-20-21-17(23-16)12-4-3-5-13(18)10-12/h3-10,19H,2,11H2,1H3. The van der Waals surface area contributed by atoms with Crippen molar-refractivity contribution in [2.75, 3.05) is 11.9 Å². The Morgan fingerprint density at radius 1 is 1.13 bits per heavy atom. The summed E-state index contributed by atoms with van der Waals surface area (Å²) in [6.45, 7) is 3.06. The molecule has 0 radical (unpaired) electrons. The van der Waals surface area contributed by atoms with Crippen molar-refractivity contribution in [3.05, 3.63) is 59.4 Å². The van der Waals surface area contributed by atoms with Gasteiger partial charge in [0.25, 0.3) is 0 Å². The van der Waals surface area contributed by atoms with Gasteiger partial charge in [-0.2, -0.15) is 0 Å². The van der Waals surface area contributed by atoms with Crippen LogP contribution in [0.4, 0.5) is 5.69 Å². The van der Waals surface area contributed by atoms with Gasteiger partial charge in [0.1, 0.15) is 5.75 Å². The summed E-state index contributed by atoms with van der Waals surface area (Å²) in [5.41, 5.74) is 1.76. The molecule has 0 atom stereocenters. The van der Waals surface area contributed by atoms with Crippen LogP contribution in [0.25, 0.3) is 11.5 Å². The lowest BCUT2D eigenvalue weighted by Crippen LogP contribution is -1.99. The van der Waals surface area contributed by atoms with E-state index in [0.29, 0.717) is 30.0 Å². The average molecular weight is 330 g/mol. The van der Waals surface area contributed by atoms with Crippen LogP contribution in [0.5, 0.6) is 5.75 Å². The lowest BCUT2D eigenvalue weighted by atomic mass is 10.2. The van der Waals surface area contributed by atoms with Gasteiger partial charge in [-0.1, -0.05) is 17.7 Å². The molecule has 1 heterocycles. The highest BCUT2D eigenvalue weighted by molar-refractivity contribution is 6.30. The Kier molecular flexibility index (Phi) is 4.78. The molecule has 1 N–H and O–H groups in total. The fourth-order valence-electron chi connectivity index (χ4n) is 2.08. The van der Waals surface area contributed by atoms with Crippen molar-refractivity contribution in [1.82, 2.24) is 10.2 Å². The zero-order valence-corrected chi connectivity index (χ0v) is 13.4. The highest BCUT2D eigenvalue weighted by Crippen LogP contribution is 2.22. The van der Waals surface area contributed by atoms with Crippen LogP contribution in [0.2, 0.25) is 5.02 Å². The molecule has 118 valence electrons. The van der Waals surface area contributed by atoms with E-state index in [-0.39, 0.29) is 0 Å². The molecule has 0 spiro atoms. The molecule has 23 heavy (non-hydrogen) atoms. The van der Waals surface area contributed by atoms with Gasteiger partial charge in [0.2, 0.25) is 11.8 Å². The van der Waals surface area contributed by atoms with Crippen molar-refractivity contribution in [3.63, 3.8) is 0 Å². The van der Waals surface area contributed by atoms with Gasteiger partial charge in [0.05, 0.1) is 13.2 Å². The van der Waals surface area contributed by atoms with Crippen LogP contribution in [0, 0.1) is 0 Å². The van der Waals surface area contributed by atoms with Crippen molar-refractivity contribution in [2.45, 2.75) is 13.5 Å². The Hall–Kier alpha value is -2.53. The lowest BCUT2D eigenvalue weighted by molar-refractivity contribution is 0.340. The third kappa shape index (κ3) is 4.02. The highest BCUT2D eigenvalue weighted by Gasteiger charge is 2.08. The minimum absolute atomic E-state index is 0.446. The van der Waals surface area contributed by atoms with Gasteiger partial charge in [0.15, 0.2) is 0 Å². The van der Waals surface area contributed by atoms with Crippen LogP contribution < -0.4 is 10.1 Å². The minimum Gasteiger partial charge on any atom is -0.494 e. The van der Waals surface area contributed by atoms with Crippen LogP contribution >= 0.6 is 11.6 Å². The van der Waals surface area contributed by atoms with E-state index in [4.69, 9.17) is 20.8 Å². The quantitative estimate of drug-likeness (QED) is 0.726. The molecule has 0 unspecified atom stereocenters. The van der Waals surface area contributed by atoms with E-state index in [1.807, 2.05) is 43.3 Å². The molecule has 0 aliphatic carbocycles. The number of halogens is 1. The SMILES string of the molecule is CCOc1ccc(NCc2nnc(-c3cccc(Cl)c3)o2)cc1. The molecular weight excluding hydrogens is 314 g/mol. The summed E-state index contributed by atoms with van der Waals surface area (Å²) in [5.74, 6) is 1.81. The molecule has 0 fully saturated rings. The van der Waals surface area contributed by atoms with E-state index >= 15 is 0 Å². The van der Waals surface area contributed by atoms with Gasteiger partial charge >= 0.3 is 0 Å². The number of benzene rings is 2. The molecule has 0 saturated heterocycles. The summed E-state index contributed by atoms with van der Waals surface area (Å²) in [6.07, 6.45) is 0. The van der Waals surface area contributed by atoms with Crippen LogP contribution in [-0.4, -0.2) is 16.8 Å². The summed E-state index contributed by atoms with van der Waals surface area (Å²) in [7, 11) is 0. The molecule has 3 aromatic rings.